The number of aliphatic hydroxyl groups excluding tert-OH is 1. The fourth-order valence-corrected chi connectivity index (χ4v) is 4.94. The molecule has 1 saturated heterocycles. The van der Waals surface area contributed by atoms with Crippen molar-refractivity contribution in [3.8, 4) is 0 Å². The van der Waals surface area contributed by atoms with E-state index >= 15 is 0 Å². The number of halogens is 1. The predicted molar refractivity (Wildman–Crippen MR) is 143 cm³/mol. The van der Waals surface area contributed by atoms with Gasteiger partial charge in [-0.05, 0) is 46.7 Å². The quantitative estimate of drug-likeness (QED) is 0.194. The molecule has 4 aromatic rings. The third kappa shape index (κ3) is 4.55. The normalized spacial score (nSPS) is 17.6. The lowest BCUT2D eigenvalue weighted by atomic mass is 9.85. The van der Waals surface area contributed by atoms with Crippen molar-refractivity contribution in [2.75, 3.05) is 6.54 Å². The van der Waals surface area contributed by atoms with Crippen molar-refractivity contribution >= 4 is 28.4 Å². The molecule has 0 aliphatic carbocycles. The van der Waals surface area contributed by atoms with Gasteiger partial charge < -0.3 is 15.0 Å². The van der Waals surface area contributed by atoms with Crippen LogP contribution in [0.15, 0.2) is 84.6 Å². The first-order chi connectivity index (χ1) is 17.6. The molecule has 0 radical (unpaired) electrons. The van der Waals surface area contributed by atoms with Crippen LogP contribution in [-0.4, -0.2) is 33.2 Å². The van der Waals surface area contributed by atoms with Gasteiger partial charge in [0, 0.05) is 29.2 Å². The minimum Gasteiger partial charge on any atom is -0.507 e. The van der Waals surface area contributed by atoms with Crippen LogP contribution >= 0.6 is 0 Å². The number of aromatic amines is 1. The Kier molecular flexibility index (Phi) is 6.20. The van der Waals surface area contributed by atoms with Crippen LogP contribution in [0.3, 0.4) is 0 Å². The minimum absolute atomic E-state index is 0.0625. The molecule has 0 saturated carbocycles. The van der Waals surface area contributed by atoms with E-state index in [4.69, 9.17) is 0 Å². The number of fused-ring (bicyclic) bond motifs is 1. The second kappa shape index (κ2) is 9.36. The molecule has 188 valence electrons. The molecule has 1 amide bonds. The zero-order chi connectivity index (χ0) is 26.3. The fourth-order valence-electron chi connectivity index (χ4n) is 4.94. The highest BCUT2D eigenvalue weighted by atomic mass is 19.1. The molecule has 1 aromatic heterocycles. The van der Waals surface area contributed by atoms with E-state index in [0.29, 0.717) is 12.0 Å². The van der Waals surface area contributed by atoms with Gasteiger partial charge in [-0.3, -0.25) is 9.59 Å². The summed E-state index contributed by atoms with van der Waals surface area (Å²) in [4.78, 5) is 31.3. The van der Waals surface area contributed by atoms with Gasteiger partial charge in [0.15, 0.2) is 0 Å². The summed E-state index contributed by atoms with van der Waals surface area (Å²) in [5.41, 5.74) is 4.01. The van der Waals surface area contributed by atoms with Crippen LogP contribution in [-0.2, 0) is 21.4 Å². The summed E-state index contributed by atoms with van der Waals surface area (Å²) < 4.78 is 13.4. The number of hydrogen-bond acceptors (Lipinski definition) is 3. The highest BCUT2D eigenvalue weighted by Crippen LogP contribution is 2.41. The maximum atomic E-state index is 13.4. The van der Waals surface area contributed by atoms with Crippen molar-refractivity contribution in [1.29, 1.82) is 0 Å². The molecule has 0 bridgehead atoms. The van der Waals surface area contributed by atoms with E-state index in [2.05, 4.69) is 25.8 Å². The van der Waals surface area contributed by atoms with Crippen molar-refractivity contribution in [2.24, 2.45) is 0 Å². The Morgan fingerprint density at radius 1 is 0.973 bits per heavy atom. The maximum Gasteiger partial charge on any atom is 0.295 e. The number of aromatic nitrogens is 1. The van der Waals surface area contributed by atoms with Gasteiger partial charge in [-0.1, -0.05) is 75.4 Å². The zero-order valence-electron chi connectivity index (χ0n) is 21.1. The third-order valence-corrected chi connectivity index (χ3v) is 7.03. The van der Waals surface area contributed by atoms with Gasteiger partial charge >= 0.3 is 0 Å². The Hall–Kier alpha value is -4.19. The Morgan fingerprint density at radius 2 is 1.65 bits per heavy atom. The fraction of sp³-hybridized carbons (Fsp3) is 0.226. The van der Waals surface area contributed by atoms with Gasteiger partial charge in [0.25, 0.3) is 11.7 Å². The number of H-pyrrole nitrogens is 1. The van der Waals surface area contributed by atoms with E-state index in [1.54, 1.807) is 18.3 Å². The molecule has 1 unspecified atom stereocenters. The smallest absolute Gasteiger partial charge is 0.295 e. The largest absolute Gasteiger partial charge is 0.507 e. The molecule has 37 heavy (non-hydrogen) atoms. The minimum atomic E-state index is -0.747. The number of hydrogen-bond donors (Lipinski definition) is 2. The predicted octanol–water partition coefficient (Wildman–Crippen LogP) is 6.27. The second-order valence-corrected chi connectivity index (χ2v) is 10.5. The van der Waals surface area contributed by atoms with Gasteiger partial charge in [0.1, 0.15) is 11.6 Å². The molecular formula is C31H29FN2O3. The molecule has 5 nitrogen and oxygen atoms in total. The lowest BCUT2D eigenvalue weighted by Crippen LogP contribution is -2.31. The molecule has 2 heterocycles. The van der Waals surface area contributed by atoms with E-state index in [9.17, 15) is 19.1 Å². The lowest BCUT2D eigenvalue weighted by Gasteiger charge is -2.26. The molecule has 1 aliphatic rings. The zero-order valence-corrected chi connectivity index (χ0v) is 21.1. The van der Waals surface area contributed by atoms with Gasteiger partial charge in [0.05, 0.1) is 11.6 Å². The van der Waals surface area contributed by atoms with Crippen molar-refractivity contribution in [2.45, 2.75) is 38.6 Å². The summed E-state index contributed by atoms with van der Waals surface area (Å²) >= 11 is 0. The van der Waals surface area contributed by atoms with Gasteiger partial charge in [-0.15, -0.1) is 0 Å². The standard InChI is InChI=1S/C31H29FN2O3/c1-31(2,3)21-12-10-20(11-13-21)27-26(28(35)24-18-33-25-7-5-4-6-23(24)25)29(36)30(37)34(27)17-16-19-8-14-22(32)15-9-19/h4-15,18,27,33,35H,16-17H2,1-3H3/b28-26-. The first-order valence-corrected chi connectivity index (χ1v) is 12.3. The monoisotopic (exact) mass is 496 g/mol. The summed E-state index contributed by atoms with van der Waals surface area (Å²) in [6.45, 7) is 6.60. The number of carbonyl (C=O) groups is 2. The first-order valence-electron chi connectivity index (χ1n) is 12.3. The Balaban J connectivity index is 1.60. The third-order valence-electron chi connectivity index (χ3n) is 7.03. The lowest BCUT2D eigenvalue weighted by molar-refractivity contribution is -0.139. The molecule has 1 aliphatic heterocycles. The van der Waals surface area contributed by atoms with E-state index in [0.717, 1.165) is 27.6 Å². The summed E-state index contributed by atoms with van der Waals surface area (Å²) in [5, 5.41) is 12.2. The molecule has 1 fully saturated rings. The van der Waals surface area contributed by atoms with Crippen LogP contribution in [0.5, 0.6) is 0 Å². The number of benzene rings is 3. The van der Waals surface area contributed by atoms with Crippen molar-refractivity contribution in [1.82, 2.24) is 9.88 Å². The summed E-state index contributed by atoms with van der Waals surface area (Å²) in [6, 6.07) is 20.7. The number of ketones is 1. The highest BCUT2D eigenvalue weighted by molar-refractivity contribution is 6.46. The van der Waals surface area contributed by atoms with Gasteiger partial charge in [-0.2, -0.15) is 0 Å². The van der Waals surface area contributed by atoms with Crippen LogP contribution in [0.4, 0.5) is 4.39 Å². The number of carbonyl (C=O) groups excluding carboxylic acids is 2. The summed E-state index contributed by atoms with van der Waals surface area (Å²) in [7, 11) is 0. The number of amides is 1. The second-order valence-electron chi connectivity index (χ2n) is 10.5. The molecule has 1 atom stereocenters. The van der Waals surface area contributed by atoms with Crippen molar-refractivity contribution in [3.63, 3.8) is 0 Å². The SMILES string of the molecule is CC(C)(C)c1ccc(C2/C(=C(/O)c3c[nH]c4ccccc34)C(=O)C(=O)N2CCc2ccc(F)cc2)cc1. The van der Waals surface area contributed by atoms with Crippen LogP contribution in [0.2, 0.25) is 0 Å². The molecule has 6 heteroatoms. The average molecular weight is 497 g/mol. The van der Waals surface area contributed by atoms with Crippen LogP contribution < -0.4 is 0 Å². The molecule has 0 spiro atoms. The van der Waals surface area contributed by atoms with Crippen LogP contribution in [0, 0.1) is 5.82 Å². The van der Waals surface area contributed by atoms with E-state index < -0.39 is 17.7 Å². The summed E-state index contributed by atoms with van der Waals surface area (Å²) in [5.74, 6) is -1.91. The topological polar surface area (TPSA) is 73.4 Å². The van der Waals surface area contributed by atoms with E-state index in [1.807, 2.05) is 48.5 Å². The van der Waals surface area contributed by atoms with Gasteiger partial charge in [-0.25, -0.2) is 4.39 Å². The summed E-state index contributed by atoms with van der Waals surface area (Å²) in [6.07, 6.45) is 2.10. The number of Topliss-reactive ketones (excluding diaryl/α,β-unsaturated/α-hetero) is 1. The number of para-hydroxylation sites is 1. The van der Waals surface area contributed by atoms with Gasteiger partial charge in [0.2, 0.25) is 0 Å². The van der Waals surface area contributed by atoms with E-state index in [-0.39, 0.29) is 29.1 Å². The van der Waals surface area contributed by atoms with Crippen LogP contribution in [0.25, 0.3) is 16.7 Å². The van der Waals surface area contributed by atoms with Crippen LogP contribution in [0.1, 0.15) is 49.1 Å². The number of likely N-dealkylation sites (tertiary alicyclic amines) is 1. The Bertz CT molecular complexity index is 1510. The van der Waals surface area contributed by atoms with E-state index in [1.165, 1.54) is 17.0 Å². The molecule has 3 aromatic carbocycles. The highest BCUT2D eigenvalue weighted by Gasteiger charge is 2.46. The Labute approximate surface area is 215 Å². The first kappa shape index (κ1) is 24.5. The number of nitrogens with zero attached hydrogens (tertiary/aromatic N) is 1. The molecule has 2 N–H and O–H groups in total. The number of rotatable bonds is 5. The molecule has 5 rings (SSSR count). The number of nitrogens with one attached hydrogen (secondary N) is 1. The van der Waals surface area contributed by atoms with Crippen molar-refractivity contribution < 1.29 is 19.1 Å². The molecular weight excluding hydrogens is 467 g/mol. The number of aliphatic hydroxyl groups is 1. The Morgan fingerprint density at radius 3 is 2.32 bits per heavy atom. The average Bonchev–Trinajstić information content (AvgIpc) is 3.42. The maximum absolute atomic E-state index is 13.4. The van der Waals surface area contributed by atoms with Crippen molar-refractivity contribution in [3.05, 3.63) is 113 Å².